The van der Waals surface area contributed by atoms with Gasteiger partial charge in [0.25, 0.3) is 0 Å². The van der Waals surface area contributed by atoms with E-state index in [0.717, 1.165) is 27.6 Å². The number of hydrogen-bond acceptors (Lipinski definition) is 4. The minimum absolute atomic E-state index is 0.432. The van der Waals surface area contributed by atoms with Gasteiger partial charge in [0.15, 0.2) is 0 Å². The van der Waals surface area contributed by atoms with Crippen LogP contribution >= 0.6 is 56.2 Å². The molecule has 2 rings (SSSR count). The largest absolute Gasteiger partial charge is 0.250 e. The zero-order valence-corrected chi connectivity index (χ0v) is 26.5. The SMILES string of the molecule is C=C(SC(=C)c1ccc(C(=C)S/C(=C\CC)CCCS(C)(C)C)s1)c1ccc(CCCCCC)s1. The molecule has 2 aromatic rings. The van der Waals surface area contributed by atoms with E-state index in [4.69, 9.17) is 0 Å². The Morgan fingerprint density at radius 3 is 2.00 bits per heavy atom. The molecule has 0 aliphatic carbocycles. The van der Waals surface area contributed by atoms with E-state index in [1.807, 2.05) is 23.1 Å². The molecule has 0 atom stereocenters. The fourth-order valence-electron chi connectivity index (χ4n) is 3.59. The van der Waals surface area contributed by atoms with Gasteiger partial charge in [0.2, 0.25) is 0 Å². The number of aryl methyl sites for hydroxylation is 1. The third-order valence-electron chi connectivity index (χ3n) is 5.48. The van der Waals surface area contributed by atoms with Crippen LogP contribution in [0.25, 0.3) is 14.7 Å². The van der Waals surface area contributed by atoms with E-state index >= 15 is 0 Å². The van der Waals surface area contributed by atoms with Crippen LogP contribution in [0.4, 0.5) is 0 Å². The van der Waals surface area contributed by atoms with Crippen molar-refractivity contribution in [1.29, 1.82) is 0 Å². The smallest absolute Gasteiger partial charge is 0.0410 e. The summed E-state index contributed by atoms with van der Waals surface area (Å²) in [6, 6.07) is 8.89. The van der Waals surface area contributed by atoms with Crippen LogP contribution in [-0.2, 0) is 6.42 Å². The van der Waals surface area contributed by atoms with Crippen molar-refractivity contribution >= 4 is 70.9 Å². The first-order valence-corrected chi connectivity index (χ1v) is 18.9. The Morgan fingerprint density at radius 1 is 0.800 bits per heavy atom. The van der Waals surface area contributed by atoms with E-state index in [1.54, 1.807) is 23.1 Å². The third-order valence-corrected chi connectivity index (χ3v) is 11.8. The molecule has 0 spiro atoms. The van der Waals surface area contributed by atoms with Crippen LogP contribution in [0.3, 0.4) is 0 Å². The number of rotatable bonds is 17. The van der Waals surface area contributed by atoms with Crippen LogP contribution < -0.4 is 0 Å². The van der Waals surface area contributed by atoms with Crippen LogP contribution in [0.15, 0.2) is 55.0 Å². The molecule has 5 heteroatoms. The van der Waals surface area contributed by atoms with Gasteiger partial charge < -0.3 is 0 Å². The van der Waals surface area contributed by atoms with E-state index in [9.17, 15) is 0 Å². The van der Waals surface area contributed by atoms with Crippen molar-refractivity contribution in [2.24, 2.45) is 0 Å². The molecule has 0 saturated carbocycles. The van der Waals surface area contributed by atoms with Gasteiger partial charge in [0.1, 0.15) is 0 Å². The Morgan fingerprint density at radius 2 is 1.40 bits per heavy atom. The Labute approximate surface area is 233 Å². The van der Waals surface area contributed by atoms with Crippen molar-refractivity contribution in [2.45, 2.75) is 65.2 Å². The zero-order valence-electron chi connectivity index (χ0n) is 22.4. The number of thioether (sulfide) groups is 2. The second-order valence-electron chi connectivity index (χ2n) is 9.69. The Hall–Kier alpha value is -0.590. The highest BCUT2D eigenvalue weighted by Crippen LogP contribution is 2.44. The third kappa shape index (κ3) is 11.6. The quantitative estimate of drug-likeness (QED) is 0.175. The number of unbranched alkanes of at least 4 members (excludes halogenated alkanes) is 3. The first kappa shape index (κ1) is 30.6. The first-order chi connectivity index (χ1) is 16.6. The molecule has 0 bridgehead atoms. The summed E-state index contributed by atoms with van der Waals surface area (Å²) in [5.74, 6) is 1.33. The topological polar surface area (TPSA) is 0 Å². The fraction of sp³-hybridized carbons (Fsp3) is 0.467. The van der Waals surface area contributed by atoms with E-state index < -0.39 is 10.0 Å². The lowest BCUT2D eigenvalue weighted by Crippen LogP contribution is -1.98. The standard InChI is InChI=1S/C30H44S5/c1-9-11-12-13-16-27-18-19-28(33-27)23(3)31-24(4)29-20-21-30(34-29)25(5)32-26(15-10-2)17-14-22-35(6,7)8/h15,18-21H,3-5,9-14,16-17,22H2,1-2,6-8H3/b26-15-. The lowest BCUT2D eigenvalue weighted by atomic mass is 10.1. The van der Waals surface area contributed by atoms with Crippen LogP contribution in [-0.4, -0.2) is 24.5 Å². The molecule has 0 saturated heterocycles. The van der Waals surface area contributed by atoms with Gasteiger partial charge in [-0.1, -0.05) is 82.4 Å². The van der Waals surface area contributed by atoms with Crippen molar-refractivity contribution in [3.63, 3.8) is 0 Å². The second-order valence-corrected chi connectivity index (χ2v) is 18.9. The van der Waals surface area contributed by atoms with E-state index in [0.29, 0.717) is 0 Å². The normalized spacial score (nSPS) is 12.7. The van der Waals surface area contributed by atoms with Crippen LogP contribution in [0, 0.1) is 0 Å². The maximum Gasteiger partial charge on any atom is 0.0410 e. The first-order valence-electron chi connectivity index (χ1n) is 12.6. The van der Waals surface area contributed by atoms with Gasteiger partial charge >= 0.3 is 0 Å². The zero-order chi connectivity index (χ0) is 25.8. The molecule has 0 unspecified atom stereocenters. The summed E-state index contributed by atoms with van der Waals surface area (Å²) in [6.45, 7) is 17.6. The van der Waals surface area contributed by atoms with Crippen LogP contribution in [0.5, 0.6) is 0 Å². The van der Waals surface area contributed by atoms with Crippen molar-refractivity contribution in [3.05, 3.63) is 74.5 Å². The molecule has 2 heterocycles. The summed E-state index contributed by atoms with van der Waals surface area (Å²) in [5, 5.41) is 0. The van der Waals surface area contributed by atoms with E-state index in [-0.39, 0.29) is 0 Å². The molecule has 0 amide bonds. The maximum atomic E-state index is 4.41. The lowest BCUT2D eigenvalue weighted by molar-refractivity contribution is 0.670. The summed E-state index contributed by atoms with van der Waals surface area (Å²) in [6.07, 6.45) is 19.5. The van der Waals surface area contributed by atoms with Gasteiger partial charge in [-0.25, -0.2) is 10.0 Å². The van der Waals surface area contributed by atoms with Gasteiger partial charge in [-0.2, -0.15) is 0 Å². The molecule has 0 N–H and O–H groups in total. The monoisotopic (exact) mass is 564 g/mol. The van der Waals surface area contributed by atoms with Gasteiger partial charge in [-0.05, 0) is 85.8 Å². The molecule has 194 valence electrons. The highest BCUT2D eigenvalue weighted by Gasteiger charge is 2.13. The minimum atomic E-state index is -0.432. The Bertz CT molecular complexity index is 996. The molecule has 0 aliphatic rings. The summed E-state index contributed by atoms with van der Waals surface area (Å²) in [5.41, 5.74) is 0. The van der Waals surface area contributed by atoms with Gasteiger partial charge in [0.05, 0.1) is 0 Å². The molecule has 0 fully saturated rings. The molecule has 0 aliphatic heterocycles. The van der Waals surface area contributed by atoms with Crippen molar-refractivity contribution < 1.29 is 0 Å². The molecule has 2 aromatic heterocycles. The van der Waals surface area contributed by atoms with Crippen molar-refractivity contribution in [2.75, 3.05) is 24.5 Å². The average molecular weight is 565 g/mol. The predicted octanol–water partition coefficient (Wildman–Crippen LogP) is 11.8. The van der Waals surface area contributed by atoms with Gasteiger partial charge in [-0.15, -0.1) is 22.7 Å². The van der Waals surface area contributed by atoms with Gasteiger partial charge in [0, 0.05) is 34.2 Å². The van der Waals surface area contributed by atoms with Gasteiger partial charge in [-0.3, -0.25) is 0 Å². The van der Waals surface area contributed by atoms with E-state index in [1.165, 1.54) is 68.7 Å². The van der Waals surface area contributed by atoms with E-state index in [2.05, 4.69) is 82.7 Å². The Kier molecular flexibility index (Phi) is 13.7. The fourth-order valence-corrected chi connectivity index (χ4v) is 8.61. The Balaban J connectivity index is 1.90. The molecule has 0 aromatic carbocycles. The maximum absolute atomic E-state index is 4.41. The molecular formula is C30H44S5. The average Bonchev–Trinajstić information content (AvgIpc) is 3.46. The summed E-state index contributed by atoms with van der Waals surface area (Å²) < 4.78 is 0. The molecule has 0 nitrogen and oxygen atoms in total. The summed E-state index contributed by atoms with van der Waals surface area (Å²) in [7, 11) is -0.432. The predicted molar refractivity (Wildman–Crippen MR) is 177 cm³/mol. The second kappa shape index (κ2) is 15.6. The highest BCUT2D eigenvalue weighted by molar-refractivity contribution is 8.32. The van der Waals surface area contributed by atoms with Crippen molar-refractivity contribution in [1.82, 2.24) is 0 Å². The number of allylic oxidation sites excluding steroid dienone is 2. The molecular weight excluding hydrogens is 521 g/mol. The molecule has 0 radical (unpaired) electrons. The van der Waals surface area contributed by atoms with Crippen molar-refractivity contribution in [3.8, 4) is 0 Å². The summed E-state index contributed by atoms with van der Waals surface area (Å²) >= 11 is 7.23. The summed E-state index contributed by atoms with van der Waals surface area (Å²) in [4.78, 5) is 9.96. The molecule has 35 heavy (non-hydrogen) atoms. The number of thiophene rings is 2. The highest BCUT2D eigenvalue weighted by atomic mass is 32.3. The minimum Gasteiger partial charge on any atom is -0.250 e. The number of hydrogen-bond donors (Lipinski definition) is 0. The van der Waals surface area contributed by atoms with Crippen LogP contribution in [0.1, 0.15) is 78.3 Å². The lowest BCUT2D eigenvalue weighted by Gasteiger charge is -2.25. The van der Waals surface area contributed by atoms with Crippen LogP contribution in [0.2, 0.25) is 0 Å².